The van der Waals surface area contributed by atoms with E-state index < -0.39 is 97.3 Å². The molecule has 0 aliphatic heterocycles. The maximum absolute atomic E-state index is 12.9. The maximum Gasteiger partial charge on any atom is 0.326 e. The summed E-state index contributed by atoms with van der Waals surface area (Å²) < 4.78 is 0. The topological polar surface area (TPSA) is 268 Å². The van der Waals surface area contributed by atoms with Gasteiger partial charge in [-0.1, -0.05) is 20.3 Å². The summed E-state index contributed by atoms with van der Waals surface area (Å²) in [6.07, 6.45) is -1.84. The molecule has 15 nitrogen and oxygen atoms in total. The molecule has 0 saturated heterocycles. The van der Waals surface area contributed by atoms with Crippen LogP contribution in [-0.4, -0.2) is 81.0 Å². The first-order chi connectivity index (χ1) is 16.7. The van der Waals surface area contributed by atoms with Gasteiger partial charge in [0.25, 0.3) is 0 Å². The molecule has 0 saturated carbocycles. The molecule has 0 aromatic carbocycles. The minimum atomic E-state index is -1.49. The molecule has 0 aliphatic rings. The van der Waals surface area contributed by atoms with E-state index in [1.807, 2.05) is 0 Å². The average molecular weight is 518 g/mol. The van der Waals surface area contributed by atoms with Gasteiger partial charge >= 0.3 is 17.9 Å². The Kier molecular flexibility index (Phi) is 14.4. The Balaban J connectivity index is 5.67. The summed E-state index contributed by atoms with van der Waals surface area (Å²) in [4.78, 5) is 82.5. The van der Waals surface area contributed by atoms with Crippen LogP contribution < -0.4 is 27.4 Å². The number of aliphatic carboxylic acids is 3. The molecule has 10 N–H and O–H groups in total. The number of nitrogens with one attached hydrogen (secondary N) is 3. The molecular weight excluding hydrogens is 482 g/mol. The van der Waals surface area contributed by atoms with Crippen LogP contribution >= 0.6 is 0 Å². The van der Waals surface area contributed by atoms with Gasteiger partial charge in [0, 0.05) is 19.3 Å². The van der Waals surface area contributed by atoms with E-state index in [2.05, 4.69) is 16.0 Å². The lowest BCUT2D eigenvalue weighted by Gasteiger charge is -2.26. The summed E-state index contributed by atoms with van der Waals surface area (Å²) in [5.74, 6) is -7.91. The molecule has 0 heterocycles. The Labute approximate surface area is 207 Å². The highest BCUT2D eigenvalue weighted by Crippen LogP contribution is 2.10. The van der Waals surface area contributed by atoms with Crippen molar-refractivity contribution in [3.05, 3.63) is 0 Å². The number of primary amides is 1. The summed E-state index contributed by atoms with van der Waals surface area (Å²) in [5, 5.41) is 34.2. The number of carbonyl (C=O) groups is 7. The standard InChI is InChI=1S/C21H35N5O10/c1-3-10(2)17(21(35)36)26-20(34)13(6-9-16(30)31)25-19(33)12(5-8-15(28)29)24-18(32)11(22)4-7-14(23)27/h10-13,17H,3-9,22H2,1-2H3,(H2,23,27)(H,24,32)(H,25,33)(H,26,34)(H,28,29)(H,30,31)(H,35,36). The number of carbonyl (C=O) groups excluding carboxylic acids is 4. The zero-order chi connectivity index (χ0) is 28.0. The van der Waals surface area contributed by atoms with Crippen molar-refractivity contribution >= 4 is 41.5 Å². The second-order valence-electron chi connectivity index (χ2n) is 8.31. The lowest BCUT2D eigenvalue weighted by atomic mass is 9.98. The van der Waals surface area contributed by atoms with Crippen LogP contribution in [0.3, 0.4) is 0 Å². The van der Waals surface area contributed by atoms with Gasteiger partial charge in [-0.3, -0.25) is 28.8 Å². The molecular formula is C21H35N5O10. The SMILES string of the molecule is CCC(C)C(NC(=O)C(CCC(=O)O)NC(=O)C(CCC(=O)O)NC(=O)C(N)CCC(N)=O)C(=O)O. The Morgan fingerprint density at radius 3 is 1.56 bits per heavy atom. The Morgan fingerprint density at radius 1 is 0.722 bits per heavy atom. The van der Waals surface area contributed by atoms with Crippen molar-refractivity contribution in [2.45, 2.75) is 83.0 Å². The van der Waals surface area contributed by atoms with E-state index in [1.54, 1.807) is 13.8 Å². The molecule has 0 bridgehead atoms. The predicted molar refractivity (Wildman–Crippen MR) is 123 cm³/mol. The number of amides is 4. The fraction of sp³-hybridized carbons (Fsp3) is 0.667. The first kappa shape index (κ1) is 32.2. The van der Waals surface area contributed by atoms with Crippen LogP contribution in [0.15, 0.2) is 0 Å². The molecule has 0 aliphatic carbocycles. The molecule has 0 aromatic heterocycles. The van der Waals surface area contributed by atoms with E-state index in [0.29, 0.717) is 6.42 Å². The van der Waals surface area contributed by atoms with E-state index in [1.165, 1.54) is 0 Å². The zero-order valence-electron chi connectivity index (χ0n) is 20.2. The molecule has 0 spiro atoms. The fourth-order valence-corrected chi connectivity index (χ4v) is 2.99. The highest BCUT2D eigenvalue weighted by molar-refractivity contribution is 5.94. The number of rotatable bonds is 18. The van der Waals surface area contributed by atoms with E-state index in [9.17, 15) is 38.7 Å². The molecule has 5 unspecified atom stereocenters. The fourth-order valence-electron chi connectivity index (χ4n) is 2.99. The Hall–Kier alpha value is -3.75. The smallest absolute Gasteiger partial charge is 0.326 e. The van der Waals surface area contributed by atoms with Gasteiger partial charge in [-0.25, -0.2) is 4.79 Å². The van der Waals surface area contributed by atoms with Gasteiger partial charge in [0.15, 0.2) is 0 Å². The zero-order valence-corrected chi connectivity index (χ0v) is 20.2. The van der Waals surface area contributed by atoms with Gasteiger partial charge in [-0.2, -0.15) is 0 Å². The summed E-state index contributed by atoms with van der Waals surface area (Å²) in [6.45, 7) is 3.29. The molecule has 15 heteroatoms. The van der Waals surface area contributed by atoms with Crippen molar-refractivity contribution in [1.82, 2.24) is 16.0 Å². The van der Waals surface area contributed by atoms with Crippen LogP contribution in [0.5, 0.6) is 0 Å². The normalized spacial score (nSPS) is 14.9. The van der Waals surface area contributed by atoms with Crippen LogP contribution in [0.2, 0.25) is 0 Å². The van der Waals surface area contributed by atoms with E-state index in [4.69, 9.17) is 21.7 Å². The molecule has 204 valence electrons. The average Bonchev–Trinajstić information content (AvgIpc) is 2.79. The highest BCUT2D eigenvalue weighted by Gasteiger charge is 2.32. The van der Waals surface area contributed by atoms with Gasteiger partial charge in [-0.05, 0) is 25.2 Å². The van der Waals surface area contributed by atoms with E-state index in [-0.39, 0.29) is 12.8 Å². The van der Waals surface area contributed by atoms with Crippen LogP contribution in [0.25, 0.3) is 0 Å². The van der Waals surface area contributed by atoms with Crippen LogP contribution in [-0.2, 0) is 33.6 Å². The molecule has 36 heavy (non-hydrogen) atoms. The third-order valence-corrected chi connectivity index (χ3v) is 5.38. The number of hydrogen-bond acceptors (Lipinski definition) is 8. The summed E-state index contributed by atoms with van der Waals surface area (Å²) in [6, 6.07) is -5.52. The number of carboxylic acid groups (broad SMARTS) is 3. The minimum Gasteiger partial charge on any atom is -0.481 e. The Morgan fingerprint density at radius 2 is 1.17 bits per heavy atom. The first-order valence-corrected chi connectivity index (χ1v) is 11.3. The molecule has 0 aromatic rings. The van der Waals surface area contributed by atoms with Gasteiger partial charge in [0.1, 0.15) is 18.1 Å². The lowest BCUT2D eigenvalue weighted by molar-refractivity contribution is -0.144. The van der Waals surface area contributed by atoms with Crippen molar-refractivity contribution in [3.63, 3.8) is 0 Å². The van der Waals surface area contributed by atoms with E-state index in [0.717, 1.165) is 0 Å². The van der Waals surface area contributed by atoms with Crippen LogP contribution in [0.1, 0.15) is 58.8 Å². The minimum absolute atomic E-state index is 0.135. The monoisotopic (exact) mass is 517 g/mol. The molecule has 4 amide bonds. The second kappa shape index (κ2) is 16.0. The number of carboxylic acids is 3. The lowest BCUT2D eigenvalue weighted by Crippen LogP contribution is -2.57. The van der Waals surface area contributed by atoms with Crippen molar-refractivity contribution in [1.29, 1.82) is 0 Å². The highest BCUT2D eigenvalue weighted by atomic mass is 16.4. The predicted octanol–water partition coefficient (Wildman–Crippen LogP) is -2.11. The number of nitrogens with two attached hydrogens (primary N) is 2. The van der Waals surface area contributed by atoms with Gasteiger partial charge < -0.3 is 42.7 Å². The largest absolute Gasteiger partial charge is 0.481 e. The quantitative estimate of drug-likeness (QED) is 0.0974. The van der Waals surface area contributed by atoms with Gasteiger partial charge in [-0.15, -0.1) is 0 Å². The van der Waals surface area contributed by atoms with Gasteiger partial charge in [0.05, 0.1) is 6.04 Å². The summed E-state index contributed by atoms with van der Waals surface area (Å²) in [5.41, 5.74) is 10.7. The van der Waals surface area contributed by atoms with Gasteiger partial charge in [0.2, 0.25) is 23.6 Å². The van der Waals surface area contributed by atoms with Crippen molar-refractivity contribution in [2.75, 3.05) is 0 Å². The molecule has 0 rings (SSSR count). The summed E-state index contributed by atoms with van der Waals surface area (Å²) in [7, 11) is 0. The van der Waals surface area contributed by atoms with Crippen molar-refractivity contribution in [2.24, 2.45) is 17.4 Å². The molecule has 5 atom stereocenters. The molecule has 0 radical (unpaired) electrons. The maximum atomic E-state index is 12.9. The first-order valence-electron chi connectivity index (χ1n) is 11.3. The summed E-state index contributed by atoms with van der Waals surface area (Å²) >= 11 is 0. The number of hydrogen-bond donors (Lipinski definition) is 8. The third kappa shape index (κ3) is 12.6. The van der Waals surface area contributed by atoms with Crippen molar-refractivity contribution < 1.29 is 48.9 Å². The second-order valence-corrected chi connectivity index (χ2v) is 8.31. The third-order valence-electron chi connectivity index (χ3n) is 5.38. The van der Waals surface area contributed by atoms with Crippen LogP contribution in [0.4, 0.5) is 0 Å². The van der Waals surface area contributed by atoms with Crippen molar-refractivity contribution in [3.8, 4) is 0 Å². The Bertz CT molecular complexity index is 834. The van der Waals surface area contributed by atoms with Crippen LogP contribution in [0, 0.1) is 5.92 Å². The molecule has 0 fully saturated rings. The van der Waals surface area contributed by atoms with E-state index >= 15 is 0 Å².